The number of likely N-dealkylation sites (tertiary alicyclic amines) is 1. The number of furan rings is 1. The quantitative estimate of drug-likeness (QED) is 0.821. The largest absolute Gasteiger partial charge is 0.468 e. The third-order valence-corrected chi connectivity index (χ3v) is 3.77. The van der Waals surface area contributed by atoms with Crippen LogP contribution in [0.4, 0.5) is 0 Å². The van der Waals surface area contributed by atoms with Crippen molar-refractivity contribution in [2.45, 2.75) is 32.9 Å². The molecule has 19 heavy (non-hydrogen) atoms. The molecular weight excluding hydrogens is 240 g/mol. The minimum absolute atomic E-state index is 0.683. The molecule has 0 amide bonds. The van der Waals surface area contributed by atoms with Gasteiger partial charge in [-0.25, -0.2) is 0 Å². The Morgan fingerprint density at radius 2 is 2.42 bits per heavy atom. The van der Waals surface area contributed by atoms with Gasteiger partial charge in [0, 0.05) is 25.8 Å². The number of rotatable bonds is 7. The molecule has 1 unspecified atom stereocenters. The summed E-state index contributed by atoms with van der Waals surface area (Å²) in [5.41, 5.74) is 1.32. The maximum atomic E-state index is 5.57. The van der Waals surface area contributed by atoms with Gasteiger partial charge in [0.15, 0.2) is 0 Å². The van der Waals surface area contributed by atoms with E-state index in [0.29, 0.717) is 5.92 Å². The smallest absolute Gasteiger partial charge is 0.122 e. The van der Waals surface area contributed by atoms with Gasteiger partial charge in [-0.3, -0.25) is 4.90 Å². The van der Waals surface area contributed by atoms with Crippen LogP contribution in [0.1, 0.15) is 31.1 Å². The second kappa shape index (κ2) is 7.68. The summed E-state index contributed by atoms with van der Waals surface area (Å²) in [6, 6.07) is 2.10. The third kappa shape index (κ3) is 4.34. The average Bonchev–Trinajstić information content (AvgIpc) is 2.84. The van der Waals surface area contributed by atoms with Gasteiger partial charge >= 0.3 is 0 Å². The Kier molecular flexibility index (Phi) is 5.89. The fourth-order valence-corrected chi connectivity index (χ4v) is 2.81. The van der Waals surface area contributed by atoms with Crippen LogP contribution in [0.15, 0.2) is 16.7 Å². The summed E-state index contributed by atoms with van der Waals surface area (Å²) in [6.45, 7) is 8.12. The van der Waals surface area contributed by atoms with Crippen LogP contribution in [0.25, 0.3) is 0 Å². The van der Waals surface area contributed by atoms with Gasteiger partial charge in [-0.15, -0.1) is 0 Å². The van der Waals surface area contributed by atoms with Gasteiger partial charge in [0.1, 0.15) is 5.76 Å². The molecule has 0 radical (unpaired) electrons. The molecule has 1 atom stereocenters. The number of ether oxygens (including phenoxy) is 1. The van der Waals surface area contributed by atoms with Gasteiger partial charge < -0.3 is 14.5 Å². The molecule has 1 aromatic rings. The minimum Gasteiger partial charge on any atom is -0.468 e. The Bertz CT molecular complexity index is 363. The molecule has 1 fully saturated rings. The normalized spacial score (nSPS) is 20.8. The molecule has 2 rings (SSSR count). The molecule has 0 aliphatic carbocycles. The fourth-order valence-electron chi connectivity index (χ4n) is 2.81. The zero-order valence-corrected chi connectivity index (χ0v) is 12.2. The first kappa shape index (κ1) is 14.6. The SMILES string of the molecule is CCNCc1occc1CN1CCCC(COC)C1. The van der Waals surface area contributed by atoms with Crippen LogP contribution in [0, 0.1) is 5.92 Å². The van der Waals surface area contributed by atoms with Crippen LogP contribution in [0.5, 0.6) is 0 Å². The van der Waals surface area contributed by atoms with Crippen molar-refractivity contribution in [1.29, 1.82) is 0 Å². The molecule has 0 aromatic carbocycles. The van der Waals surface area contributed by atoms with E-state index in [2.05, 4.69) is 23.2 Å². The van der Waals surface area contributed by atoms with Gasteiger partial charge in [-0.1, -0.05) is 6.92 Å². The Balaban J connectivity index is 1.87. The average molecular weight is 266 g/mol. The van der Waals surface area contributed by atoms with E-state index in [1.165, 1.54) is 24.9 Å². The summed E-state index contributed by atoms with van der Waals surface area (Å²) in [5, 5.41) is 3.33. The highest BCUT2D eigenvalue weighted by molar-refractivity contribution is 5.17. The van der Waals surface area contributed by atoms with Crippen LogP contribution in [0.2, 0.25) is 0 Å². The first-order valence-electron chi connectivity index (χ1n) is 7.30. The first-order valence-corrected chi connectivity index (χ1v) is 7.30. The second-order valence-corrected chi connectivity index (χ2v) is 5.35. The lowest BCUT2D eigenvalue weighted by Crippen LogP contribution is -2.36. The van der Waals surface area contributed by atoms with E-state index in [1.807, 2.05) is 0 Å². The van der Waals surface area contributed by atoms with Crippen molar-refractivity contribution in [1.82, 2.24) is 10.2 Å². The number of hydrogen-bond acceptors (Lipinski definition) is 4. The van der Waals surface area contributed by atoms with Crippen molar-refractivity contribution >= 4 is 0 Å². The third-order valence-electron chi connectivity index (χ3n) is 3.77. The lowest BCUT2D eigenvalue weighted by molar-refractivity contribution is 0.0871. The Morgan fingerprint density at radius 1 is 1.53 bits per heavy atom. The summed E-state index contributed by atoms with van der Waals surface area (Å²) in [7, 11) is 1.80. The number of methoxy groups -OCH3 is 1. The zero-order valence-electron chi connectivity index (χ0n) is 12.2. The molecule has 1 saturated heterocycles. The van der Waals surface area contributed by atoms with E-state index in [1.54, 1.807) is 13.4 Å². The molecule has 4 nitrogen and oxygen atoms in total. The van der Waals surface area contributed by atoms with E-state index in [4.69, 9.17) is 9.15 Å². The Labute approximate surface area is 116 Å². The van der Waals surface area contributed by atoms with E-state index >= 15 is 0 Å². The summed E-state index contributed by atoms with van der Waals surface area (Å²) in [5.74, 6) is 1.76. The maximum absolute atomic E-state index is 5.57. The van der Waals surface area contributed by atoms with Crippen molar-refractivity contribution in [2.24, 2.45) is 5.92 Å². The lowest BCUT2D eigenvalue weighted by Gasteiger charge is -2.32. The van der Waals surface area contributed by atoms with Crippen molar-refractivity contribution in [3.05, 3.63) is 23.7 Å². The minimum atomic E-state index is 0.683. The molecule has 1 aromatic heterocycles. The monoisotopic (exact) mass is 266 g/mol. The molecule has 4 heteroatoms. The second-order valence-electron chi connectivity index (χ2n) is 5.35. The van der Waals surface area contributed by atoms with Crippen LogP contribution < -0.4 is 5.32 Å². The van der Waals surface area contributed by atoms with Gasteiger partial charge in [0.25, 0.3) is 0 Å². The summed E-state index contributed by atoms with van der Waals surface area (Å²) < 4.78 is 10.9. The fraction of sp³-hybridized carbons (Fsp3) is 0.733. The van der Waals surface area contributed by atoms with Gasteiger partial charge in [0.2, 0.25) is 0 Å². The first-order chi connectivity index (χ1) is 9.33. The van der Waals surface area contributed by atoms with E-state index < -0.39 is 0 Å². The van der Waals surface area contributed by atoms with E-state index in [-0.39, 0.29) is 0 Å². The predicted molar refractivity (Wildman–Crippen MR) is 76.0 cm³/mol. The molecule has 108 valence electrons. The highest BCUT2D eigenvalue weighted by Gasteiger charge is 2.21. The zero-order chi connectivity index (χ0) is 13.5. The van der Waals surface area contributed by atoms with Gasteiger partial charge in [-0.05, 0) is 37.9 Å². The van der Waals surface area contributed by atoms with Crippen molar-refractivity contribution in [2.75, 3.05) is 33.4 Å². The van der Waals surface area contributed by atoms with E-state index in [0.717, 1.165) is 38.5 Å². The number of piperidine rings is 1. The number of nitrogens with zero attached hydrogens (tertiary/aromatic N) is 1. The van der Waals surface area contributed by atoms with Crippen LogP contribution in [0.3, 0.4) is 0 Å². The highest BCUT2D eigenvalue weighted by Crippen LogP contribution is 2.20. The van der Waals surface area contributed by atoms with Crippen molar-refractivity contribution in [3.63, 3.8) is 0 Å². The van der Waals surface area contributed by atoms with E-state index in [9.17, 15) is 0 Å². The number of nitrogens with one attached hydrogen (secondary N) is 1. The molecule has 0 spiro atoms. The molecule has 1 aliphatic heterocycles. The lowest BCUT2D eigenvalue weighted by atomic mass is 9.98. The van der Waals surface area contributed by atoms with Crippen LogP contribution in [-0.2, 0) is 17.8 Å². The van der Waals surface area contributed by atoms with Gasteiger partial charge in [0.05, 0.1) is 19.4 Å². The topological polar surface area (TPSA) is 37.6 Å². The summed E-state index contributed by atoms with van der Waals surface area (Å²) >= 11 is 0. The molecule has 0 bridgehead atoms. The Morgan fingerprint density at radius 3 is 3.21 bits per heavy atom. The summed E-state index contributed by atoms with van der Waals surface area (Å²) in [6.07, 6.45) is 4.37. The van der Waals surface area contributed by atoms with Crippen molar-refractivity contribution < 1.29 is 9.15 Å². The maximum Gasteiger partial charge on any atom is 0.122 e. The molecular formula is C15H26N2O2. The highest BCUT2D eigenvalue weighted by atomic mass is 16.5. The molecule has 0 saturated carbocycles. The number of hydrogen-bond donors (Lipinski definition) is 1. The van der Waals surface area contributed by atoms with Gasteiger partial charge in [-0.2, -0.15) is 0 Å². The molecule has 2 heterocycles. The van der Waals surface area contributed by atoms with Crippen LogP contribution >= 0.6 is 0 Å². The Hall–Kier alpha value is -0.840. The van der Waals surface area contributed by atoms with Crippen molar-refractivity contribution in [3.8, 4) is 0 Å². The van der Waals surface area contributed by atoms with Crippen LogP contribution in [-0.4, -0.2) is 38.3 Å². The molecule has 1 aliphatic rings. The molecule has 1 N–H and O–H groups in total. The predicted octanol–water partition coefficient (Wildman–Crippen LogP) is 2.25. The summed E-state index contributed by atoms with van der Waals surface area (Å²) in [4.78, 5) is 2.52. The standard InChI is InChI=1S/C15H26N2O2/c1-3-16-9-15-14(6-8-19-15)11-17-7-4-5-13(10-17)12-18-2/h6,8,13,16H,3-5,7,9-12H2,1-2H3.